The Morgan fingerprint density at radius 2 is 2.26 bits per heavy atom. The van der Waals surface area contributed by atoms with E-state index in [1.165, 1.54) is 13.3 Å². The Morgan fingerprint density at radius 3 is 2.79 bits per heavy atom. The Morgan fingerprint density at radius 1 is 1.53 bits per heavy atom. The lowest BCUT2D eigenvalue weighted by molar-refractivity contribution is 0.0714. The smallest absolute Gasteiger partial charge is 0.255 e. The summed E-state index contributed by atoms with van der Waals surface area (Å²) in [6.45, 7) is 1.21. The number of piperidine rings is 1. The average Bonchev–Trinajstić information content (AvgIpc) is 2.48. The lowest BCUT2D eigenvalue weighted by Gasteiger charge is -2.29. The number of nitrogens with zero attached hydrogens (tertiary/aromatic N) is 5. The fourth-order valence-electron chi connectivity index (χ4n) is 2.07. The number of aromatic nitrogens is 1. The molecule has 2 heterocycles. The van der Waals surface area contributed by atoms with Crippen LogP contribution in [-0.4, -0.2) is 42.0 Å². The summed E-state index contributed by atoms with van der Waals surface area (Å²) in [6, 6.07) is 3.37. The number of hydrogen-bond acceptors (Lipinski definition) is 4. The van der Waals surface area contributed by atoms with Crippen molar-refractivity contribution in [1.82, 2.24) is 9.88 Å². The van der Waals surface area contributed by atoms with Crippen molar-refractivity contribution in [2.75, 3.05) is 20.2 Å². The van der Waals surface area contributed by atoms with E-state index in [0.717, 1.165) is 0 Å². The van der Waals surface area contributed by atoms with Crippen molar-refractivity contribution in [3.8, 4) is 5.88 Å². The standard InChI is InChI=1S/C12H15N5O2/c1-19-11-3-2-9(8-14-11)12(18)17-6-4-10(5-7-17)15-16-13/h2-3,8,10H,4-7H2,1H3. The number of amides is 1. The number of ether oxygens (including phenoxy) is 1. The first-order valence-electron chi connectivity index (χ1n) is 6.08. The number of hydrogen-bond donors (Lipinski definition) is 0. The first-order chi connectivity index (χ1) is 9.24. The van der Waals surface area contributed by atoms with E-state index in [-0.39, 0.29) is 11.9 Å². The van der Waals surface area contributed by atoms with Crippen LogP contribution in [0.25, 0.3) is 10.4 Å². The highest BCUT2D eigenvalue weighted by atomic mass is 16.5. The zero-order chi connectivity index (χ0) is 13.7. The highest BCUT2D eigenvalue weighted by Crippen LogP contribution is 2.17. The van der Waals surface area contributed by atoms with Gasteiger partial charge in [0.25, 0.3) is 5.91 Å². The fraction of sp³-hybridized carbons (Fsp3) is 0.500. The third-order valence-corrected chi connectivity index (χ3v) is 3.16. The lowest BCUT2D eigenvalue weighted by atomic mass is 10.1. The van der Waals surface area contributed by atoms with Gasteiger partial charge >= 0.3 is 0 Å². The molecule has 0 aliphatic carbocycles. The second-order valence-electron chi connectivity index (χ2n) is 4.32. The average molecular weight is 261 g/mol. The number of azide groups is 1. The summed E-state index contributed by atoms with van der Waals surface area (Å²) in [7, 11) is 1.53. The van der Waals surface area contributed by atoms with Gasteiger partial charge in [0.1, 0.15) is 0 Å². The zero-order valence-electron chi connectivity index (χ0n) is 10.7. The van der Waals surface area contributed by atoms with Gasteiger partial charge in [0.05, 0.1) is 12.7 Å². The molecule has 0 radical (unpaired) electrons. The number of carbonyl (C=O) groups is 1. The van der Waals surface area contributed by atoms with Gasteiger partial charge < -0.3 is 9.64 Å². The van der Waals surface area contributed by atoms with Crippen LogP contribution in [0.5, 0.6) is 5.88 Å². The van der Waals surface area contributed by atoms with Crippen molar-refractivity contribution in [3.63, 3.8) is 0 Å². The minimum Gasteiger partial charge on any atom is -0.481 e. The summed E-state index contributed by atoms with van der Waals surface area (Å²) in [5, 5.41) is 3.69. The molecule has 100 valence electrons. The van der Waals surface area contributed by atoms with Gasteiger partial charge in [-0.25, -0.2) is 4.98 Å². The van der Waals surface area contributed by atoms with E-state index in [9.17, 15) is 4.79 Å². The molecule has 1 amide bonds. The van der Waals surface area contributed by atoms with Crippen molar-refractivity contribution in [2.45, 2.75) is 18.9 Å². The van der Waals surface area contributed by atoms with Crippen LogP contribution < -0.4 is 4.74 Å². The number of likely N-dealkylation sites (tertiary alicyclic amines) is 1. The maximum Gasteiger partial charge on any atom is 0.255 e. The molecule has 1 aromatic heterocycles. The van der Waals surface area contributed by atoms with Gasteiger partial charge in [-0.05, 0) is 24.4 Å². The molecular weight excluding hydrogens is 246 g/mol. The molecule has 0 unspecified atom stereocenters. The molecular formula is C12H15N5O2. The topological polar surface area (TPSA) is 91.2 Å². The summed E-state index contributed by atoms with van der Waals surface area (Å²) in [4.78, 5) is 20.8. The summed E-state index contributed by atoms with van der Waals surface area (Å²) in [6.07, 6.45) is 2.93. The van der Waals surface area contributed by atoms with Crippen LogP contribution in [0, 0.1) is 0 Å². The summed E-state index contributed by atoms with van der Waals surface area (Å²) >= 11 is 0. The van der Waals surface area contributed by atoms with E-state index >= 15 is 0 Å². The third-order valence-electron chi connectivity index (χ3n) is 3.16. The zero-order valence-corrected chi connectivity index (χ0v) is 10.7. The normalized spacial score (nSPS) is 15.7. The molecule has 19 heavy (non-hydrogen) atoms. The monoisotopic (exact) mass is 261 g/mol. The van der Waals surface area contributed by atoms with Crippen LogP contribution in [0.1, 0.15) is 23.2 Å². The molecule has 0 spiro atoms. The number of carbonyl (C=O) groups excluding carboxylic acids is 1. The molecule has 7 nitrogen and oxygen atoms in total. The van der Waals surface area contributed by atoms with E-state index in [4.69, 9.17) is 10.3 Å². The van der Waals surface area contributed by atoms with E-state index in [2.05, 4.69) is 15.0 Å². The van der Waals surface area contributed by atoms with Gasteiger partial charge in [0, 0.05) is 36.3 Å². The fourth-order valence-corrected chi connectivity index (χ4v) is 2.07. The second kappa shape index (κ2) is 6.06. The van der Waals surface area contributed by atoms with Gasteiger partial charge in [-0.1, -0.05) is 5.11 Å². The largest absolute Gasteiger partial charge is 0.481 e. The predicted octanol–water partition coefficient (Wildman–Crippen LogP) is 2.01. The number of pyridine rings is 1. The van der Waals surface area contributed by atoms with E-state index in [0.29, 0.717) is 37.4 Å². The van der Waals surface area contributed by atoms with Gasteiger partial charge in [0.2, 0.25) is 5.88 Å². The van der Waals surface area contributed by atoms with Crippen molar-refractivity contribution in [3.05, 3.63) is 34.3 Å². The van der Waals surface area contributed by atoms with Crippen molar-refractivity contribution < 1.29 is 9.53 Å². The van der Waals surface area contributed by atoms with Gasteiger partial charge in [0.15, 0.2) is 0 Å². The molecule has 0 atom stereocenters. The molecule has 1 aliphatic rings. The molecule has 1 fully saturated rings. The Labute approximate surface area is 110 Å². The summed E-state index contributed by atoms with van der Waals surface area (Å²) in [5.41, 5.74) is 8.92. The number of rotatable bonds is 3. The Balaban J connectivity index is 1.98. The molecule has 7 heteroatoms. The van der Waals surface area contributed by atoms with Crippen LogP contribution >= 0.6 is 0 Å². The minimum atomic E-state index is -0.0467. The molecule has 0 bridgehead atoms. The summed E-state index contributed by atoms with van der Waals surface area (Å²) < 4.78 is 4.95. The van der Waals surface area contributed by atoms with E-state index in [1.807, 2.05) is 0 Å². The van der Waals surface area contributed by atoms with Gasteiger partial charge in [-0.15, -0.1) is 0 Å². The van der Waals surface area contributed by atoms with Crippen LogP contribution in [0.15, 0.2) is 23.4 Å². The quantitative estimate of drug-likeness (QED) is 0.473. The maximum absolute atomic E-state index is 12.2. The molecule has 2 rings (SSSR count). The van der Waals surface area contributed by atoms with Crippen LogP contribution in [0.4, 0.5) is 0 Å². The van der Waals surface area contributed by atoms with Crippen LogP contribution in [-0.2, 0) is 0 Å². The Bertz CT molecular complexity index is 487. The second-order valence-corrected chi connectivity index (χ2v) is 4.32. The molecule has 1 aliphatic heterocycles. The first kappa shape index (κ1) is 13.2. The predicted molar refractivity (Wildman–Crippen MR) is 68.9 cm³/mol. The highest BCUT2D eigenvalue weighted by molar-refractivity contribution is 5.94. The number of methoxy groups -OCH3 is 1. The van der Waals surface area contributed by atoms with Crippen molar-refractivity contribution in [2.24, 2.45) is 5.11 Å². The van der Waals surface area contributed by atoms with E-state index in [1.54, 1.807) is 17.0 Å². The van der Waals surface area contributed by atoms with Crippen molar-refractivity contribution in [1.29, 1.82) is 0 Å². The SMILES string of the molecule is COc1ccc(C(=O)N2CCC(N=[N+]=[N-])CC2)cn1. The molecule has 0 aromatic carbocycles. The maximum atomic E-state index is 12.2. The Hall–Kier alpha value is -2.27. The highest BCUT2D eigenvalue weighted by Gasteiger charge is 2.23. The van der Waals surface area contributed by atoms with Gasteiger partial charge in [-0.3, -0.25) is 4.79 Å². The Kier molecular flexibility index (Phi) is 4.20. The molecule has 1 aromatic rings. The lowest BCUT2D eigenvalue weighted by Crippen LogP contribution is -2.39. The third kappa shape index (κ3) is 3.14. The van der Waals surface area contributed by atoms with E-state index < -0.39 is 0 Å². The molecule has 0 N–H and O–H groups in total. The van der Waals surface area contributed by atoms with Gasteiger partial charge in [-0.2, -0.15) is 0 Å². The first-order valence-corrected chi connectivity index (χ1v) is 6.08. The molecule has 0 saturated carbocycles. The van der Waals surface area contributed by atoms with Crippen molar-refractivity contribution >= 4 is 5.91 Å². The van der Waals surface area contributed by atoms with Crippen LogP contribution in [0.2, 0.25) is 0 Å². The summed E-state index contributed by atoms with van der Waals surface area (Å²) in [5.74, 6) is 0.438. The van der Waals surface area contributed by atoms with Crippen LogP contribution in [0.3, 0.4) is 0 Å². The molecule has 1 saturated heterocycles. The minimum absolute atomic E-state index is 0.00282.